The van der Waals surface area contributed by atoms with Crippen molar-refractivity contribution in [3.63, 3.8) is 0 Å². The van der Waals surface area contributed by atoms with Gasteiger partial charge in [0.15, 0.2) is 0 Å². The van der Waals surface area contributed by atoms with E-state index in [0.29, 0.717) is 0 Å². The van der Waals surface area contributed by atoms with Gasteiger partial charge in [-0.25, -0.2) is 0 Å². The van der Waals surface area contributed by atoms with Crippen LogP contribution in [0.25, 0.3) is 0 Å². The molecule has 0 heterocycles. The predicted molar refractivity (Wildman–Crippen MR) is 109 cm³/mol. The van der Waals surface area contributed by atoms with Gasteiger partial charge in [-0.05, 0) is 30.0 Å². The number of rotatable bonds is 8. The van der Waals surface area contributed by atoms with E-state index in [1.165, 1.54) is 29.5 Å². The Morgan fingerprint density at radius 1 is 0.692 bits per heavy atom. The summed E-state index contributed by atoms with van der Waals surface area (Å²) in [5.74, 6) is 0. The lowest BCUT2D eigenvalue weighted by Gasteiger charge is -2.38. The molecule has 1 atom stereocenters. The molecule has 0 aliphatic heterocycles. The molecule has 0 radical (unpaired) electrons. The van der Waals surface area contributed by atoms with Crippen molar-refractivity contribution in [1.82, 2.24) is 0 Å². The highest BCUT2D eigenvalue weighted by Gasteiger charge is 2.38. The van der Waals surface area contributed by atoms with Crippen LogP contribution in [0, 0.1) is 0 Å². The summed E-state index contributed by atoms with van der Waals surface area (Å²) in [5, 5.41) is 0. The summed E-state index contributed by atoms with van der Waals surface area (Å²) in [6, 6.07) is 31.8. The van der Waals surface area contributed by atoms with Gasteiger partial charge in [0.2, 0.25) is 0 Å². The summed E-state index contributed by atoms with van der Waals surface area (Å²) in [7, 11) is 0. The van der Waals surface area contributed by atoms with E-state index in [9.17, 15) is 0 Å². The van der Waals surface area contributed by atoms with Crippen molar-refractivity contribution in [2.24, 2.45) is 0 Å². The van der Waals surface area contributed by atoms with E-state index in [2.05, 4.69) is 105 Å². The van der Waals surface area contributed by atoms with Crippen molar-refractivity contribution in [2.45, 2.75) is 44.8 Å². The Hall–Kier alpha value is -2.38. The Labute approximate surface area is 157 Å². The van der Waals surface area contributed by atoms with Crippen LogP contribution in [-0.2, 0) is 10.3 Å². The Bertz CT molecular complexity index is 668. The van der Waals surface area contributed by atoms with Crippen LogP contribution in [0.5, 0.6) is 0 Å². The molecule has 0 aromatic heterocycles. The lowest BCUT2D eigenvalue weighted by Crippen LogP contribution is -2.36. The highest BCUT2D eigenvalue weighted by atomic mass is 16.5. The molecule has 0 aliphatic rings. The van der Waals surface area contributed by atoms with E-state index in [1.807, 2.05) is 0 Å². The number of unbranched alkanes of at least 4 members (excludes halogenated alkanes) is 1. The molecule has 3 aromatic carbocycles. The quantitative estimate of drug-likeness (QED) is 0.420. The summed E-state index contributed by atoms with van der Waals surface area (Å²) < 4.78 is 6.90. The predicted octanol–water partition coefficient (Wildman–Crippen LogP) is 6.57. The zero-order valence-corrected chi connectivity index (χ0v) is 15.8. The van der Waals surface area contributed by atoms with Crippen LogP contribution in [0.3, 0.4) is 0 Å². The number of hydrogen-bond donors (Lipinski definition) is 0. The van der Waals surface area contributed by atoms with Crippen molar-refractivity contribution in [1.29, 1.82) is 0 Å². The molecule has 0 N–H and O–H groups in total. The molecule has 26 heavy (non-hydrogen) atoms. The topological polar surface area (TPSA) is 9.23 Å². The van der Waals surface area contributed by atoms with Crippen molar-refractivity contribution in [3.8, 4) is 0 Å². The minimum Gasteiger partial charge on any atom is -0.358 e. The lowest BCUT2D eigenvalue weighted by atomic mass is 9.80. The van der Waals surface area contributed by atoms with Crippen molar-refractivity contribution in [2.75, 3.05) is 0 Å². The molecular formula is C25H28O. The van der Waals surface area contributed by atoms with Crippen LogP contribution in [0.1, 0.15) is 49.8 Å². The molecule has 0 fully saturated rings. The second-order valence-electron chi connectivity index (χ2n) is 6.85. The highest BCUT2D eigenvalue weighted by Crippen LogP contribution is 2.41. The van der Waals surface area contributed by atoms with E-state index < -0.39 is 5.60 Å². The lowest BCUT2D eigenvalue weighted by molar-refractivity contribution is -0.0425. The second-order valence-corrected chi connectivity index (χ2v) is 6.85. The molecule has 3 aromatic rings. The average Bonchev–Trinajstić information content (AvgIpc) is 2.72. The fourth-order valence-electron chi connectivity index (χ4n) is 3.57. The molecule has 1 unspecified atom stereocenters. The normalized spacial score (nSPS) is 12.7. The van der Waals surface area contributed by atoms with Gasteiger partial charge in [-0.15, -0.1) is 0 Å². The van der Waals surface area contributed by atoms with Gasteiger partial charge in [-0.3, -0.25) is 0 Å². The molecular weight excluding hydrogens is 316 g/mol. The maximum atomic E-state index is 6.90. The van der Waals surface area contributed by atoms with Crippen LogP contribution >= 0.6 is 0 Å². The van der Waals surface area contributed by atoms with Gasteiger partial charge in [0, 0.05) is 0 Å². The number of ether oxygens (including phenoxy) is 1. The van der Waals surface area contributed by atoms with Gasteiger partial charge >= 0.3 is 0 Å². The van der Waals surface area contributed by atoms with Crippen LogP contribution in [0.4, 0.5) is 0 Å². The third-order valence-corrected chi connectivity index (χ3v) is 4.88. The Kier molecular flexibility index (Phi) is 6.25. The van der Waals surface area contributed by atoms with Crippen LogP contribution in [0.15, 0.2) is 91.0 Å². The maximum Gasteiger partial charge on any atom is 0.144 e. The molecule has 0 saturated heterocycles. The van der Waals surface area contributed by atoms with Gasteiger partial charge < -0.3 is 4.74 Å². The Morgan fingerprint density at radius 3 is 1.42 bits per heavy atom. The van der Waals surface area contributed by atoms with E-state index in [1.54, 1.807) is 0 Å². The monoisotopic (exact) mass is 344 g/mol. The molecule has 1 nitrogen and oxygen atoms in total. The maximum absolute atomic E-state index is 6.90. The standard InChI is InChI=1S/C25H28O/c1-3-4-14-21(2)26-25(22-15-8-5-9-16-22,23-17-10-6-11-18-23)24-19-12-7-13-20-24/h5-13,15-21H,3-4,14H2,1-2H3. The van der Waals surface area contributed by atoms with Gasteiger partial charge in [-0.2, -0.15) is 0 Å². The van der Waals surface area contributed by atoms with Gasteiger partial charge in [-0.1, -0.05) is 111 Å². The van der Waals surface area contributed by atoms with Gasteiger partial charge in [0.25, 0.3) is 0 Å². The minimum atomic E-state index is -0.600. The molecule has 0 bridgehead atoms. The minimum absolute atomic E-state index is 0.163. The van der Waals surface area contributed by atoms with E-state index in [4.69, 9.17) is 4.74 Å². The molecule has 0 aliphatic carbocycles. The van der Waals surface area contributed by atoms with Crippen molar-refractivity contribution >= 4 is 0 Å². The molecule has 0 spiro atoms. The SMILES string of the molecule is CCCCC(C)OC(c1ccccc1)(c1ccccc1)c1ccccc1. The van der Waals surface area contributed by atoms with Crippen LogP contribution < -0.4 is 0 Å². The van der Waals surface area contributed by atoms with Crippen LogP contribution in [0.2, 0.25) is 0 Å². The zero-order valence-electron chi connectivity index (χ0n) is 15.8. The largest absolute Gasteiger partial charge is 0.358 e. The Balaban J connectivity index is 2.18. The average molecular weight is 344 g/mol. The number of benzene rings is 3. The summed E-state index contributed by atoms with van der Waals surface area (Å²) >= 11 is 0. The Morgan fingerprint density at radius 2 is 1.08 bits per heavy atom. The van der Waals surface area contributed by atoms with Crippen molar-refractivity contribution in [3.05, 3.63) is 108 Å². The smallest absolute Gasteiger partial charge is 0.144 e. The first-order valence-electron chi connectivity index (χ1n) is 9.61. The molecule has 1 heteroatoms. The zero-order chi connectivity index (χ0) is 18.2. The third kappa shape index (κ3) is 3.89. The van der Waals surface area contributed by atoms with Crippen molar-refractivity contribution < 1.29 is 4.74 Å². The third-order valence-electron chi connectivity index (χ3n) is 4.88. The second kappa shape index (κ2) is 8.82. The van der Waals surface area contributed by atoms with E-state index >= 15 is 0 Å². The van der Waals surface area contributed by atoms with Gasteiger partial charge in [0.1, 0.15) is 5.60 Å². The first-order chi connectivity index (χ1) is 12.8. The van der Waals surface area contributed by atoms with E-state index in [0.717, 1.165) is 6.42 Å². The van der Waals surface area contributed by atoms with Gasteiger partial charge in [0.05, 0.1) is 6.10 Å². The number of hydrogen-bond acceptors (Lipinski definition) is 1. The summed E-state index contributed by atoms with van der Waals surface area (Å²) in [5.41, 5.74) is 2.90. The summed E-state index contributed by atoms with van der Waals surface area (Å²) in [6.45, 7) is 4.42. The molecule has 3 rings (SSSR count). The highest BCUT2D eigenvalue weighted by molar-refractivity contribution is 5.47. The summed E-state index contributed by atoms with van der Waals surface area (Å²) in [6.07, 6.45) is 3.58. The van der Waals surface area contributed by atoms with E-state index in [-0.39, 0.29) is 6.10 Å². The summed E-state index contributed by atoms with van der Waals surface area (Å²) in [4.78, 5) is 0. The van der Waals surface area contributed by atoms with Crippen LogP contribution in [-0.4, -0.2) is 6.10 Å². The molecule has 0 amide bonds. The fourth-order valence-corrected chi connectivity index (χ4v) is 3.57. The first kappa shape index (κ1) is 18.4. The first-order valence-corrected chi connectivity index (χ1v) is 9.61. The molecule has 0 saturated carbocycles. The fraction of sp³-hybridized carbons (Fsp3) is 0.280. The molecule has 134 valence electrons.